The largest absolute Gasteiger partial charge is 0.461 e. The third kappa shape index (κ3) is 4.18. The van der Waals surface area contributed by atoms with Crippen molar-refractivity contribution in [3.05, 3.63) is 23.5 Å². The second kappa shape index (κ2) is 7.93. The molecule has 0 atom stereocenters. The summed E-state index contributed by atoms with van der Waals surface area (Å²) in [5, 5.41) is 0. The molecule has 1 aromatic heterocycles. The fourth-order valence-electron chi connectivity index (χ4n) is 1.76. The molecular formula is C14H23NO3. The number of hydrogen-bond acceptors (Lipinski definition) is 3. The van der Waals surface area contributed by atoms with E-state index in [1.54, 1.807) is 0 Å². The Morgan fingerprint density at radius 3 is 2.78 bits per heavy atom. The second-order valence-corrected chi connectivity index (χ2v) is 4.23. The molecule has 0 aliphatic carbocycles. The van der Waals surface area contributed by atoms with E-state index >= 15 is 0 Å². The monoisotopic (exact) mass is 253 g/mol. The molecule has 0 unspecified atom stereocenters. The Labute approximate surface area is 109 Å². The van der Waals surface area contributed by atoms with Crippen LogP contribution in [0.1, 0.15) is 42.7 Å². The molecule has 18 heavy (non-hydrogen) atoms. The van der Waals surface area contributed by atoms with E-state index in [1.807, 2.05) is 30.7 Å². The van der Waals surface area contributed by atoms with Gasteiger partial charge in [0, 0.05) is 19.3 Å². The maximum atomic E-state index is 11.8. The smallest absolute Gasteiger partial charge is 0.355 e. The van der Waals surface area contributed by atoms with Crippen LogP contribution in [0, 0.1) is 6.92 Å². The Balaban J connectivity index is 2.52. The molecule has 0 bridgehead atoms. The number of unbranched alkanes of at least 4 members (excludes halogenated alkanes) is 1. The normalized spacial score (nSPS) is 10.6. The second-order valence-electron chi connectivity index (χ2n) is 4.23. The van der Waals surface area contributed by atoms with Gasteiger partial charge in [0.25, 0.3) is 0 Å². The highest BCUT2D eigenvalue weighted by Gasteiger charge is 2.15. The first-order chi connectivity index (χ1) is 8.70. The topological polar surface area (TPSA) is 40.5 Å². The minimum Gasteiger partial charge on any atom is -0.461 e. The lowest BCUT2D eigenvalue weighted by Gasteiger charge is -2.10. The third-order valence-electron chi connectivity index (χ3n) is 2.75. The number of aromatic nitrogens is 1. The van der Waals surface area contributed by atoms with Crippen molar-refractivity contribution in [1.29, 1.82) is 0 Å². The highest BCUT2D eigenvalue weighted by Crippen LogP contribution is 2.11. The van der Waals surface area contributed by atoms with Gasteiger partial charge in [-0.3, -0.25) is 0 Å². The summed E-state index contributed by atoms with van der Waals surface area (Å²) in [6, 6.07) is 1.93. The summed E-state index contributed by atoms with van der Waals surface area (Å²) in [6.07, 6.45) is 4.12. The molecule has 0 aliphatic rings. The first-order valence-corrected chi connectivity index (χ1v) is 6.61. The zero-order valence-electron chi connectivity index (χ0n) is 11.6. The van der Waals surface area contributed by atoms with Gasteiger partial charge in [-0.25, -0.2) is 4.79 Å². The zero-order chi connectivity index (χ0) is 13.4. The van der Waals surface area contributed by atoms with Crippen LogP contribution >= 0.6 is 0 Å². The van der Waals surface area contributed by atoms with Gasteiger partial charge < -0.3 is 14.0 Å². The van der Waals surface area contributed by atoms with E-state index in [4.69, 9.17) is 9.47 Å². The molecule has 1 rings (SSSR count). The van der Waals surface area contributed by atoms with Crippen molar-refractivity contribution in [2.45, 2.75) is 40.2 Å². The molecule has 0 radical (unpaired) electrons. The molecule has 0 spiro atoms. The van der Waals surface area contributed by atoms with Crippen molar-refractivity contribution in [2.75, 3.05) is 19.8 Å². The van der Waals surface area contributed by atoms with E-state index in [1.165, 1.54) is 0 Å². The molecule has 0 aliphatic heterocycles. The summed E-state index contributed by atoms with van der Waals surface area (Å²) in [4.78, 5) is 11.8. The Morgan fingerprint density at radius 2 is 2.11 bits per heavy atom. The Morgan fingerprint density at radius 1 is 1.33 bits per heavy atom. The van der Waals surface area contributed by atoms with Crippen LogP contribution in [-0.2, 0) is 16.0 Å². The van der Waals surface area contributed by atoms with Gasteiger partial charge in [0.1, 0.15) is 5.69 Å². The maximum absolute atomic E-state index is 11.8. The summed E-state index contributed by atoms with van der Waals surface area (Å²) in [6.45, 7) is 8.36. The minimum absolute atomic E-state index is 0.256. The predicted octanol–water partition coefficient (Wildman–Crippen LogP) is 2.79. The molecule has 102 valence electrons. The highest BCUT2D eigenvalue weighted by atomic mass is 16.5. The number of hydrogen-bond donors (Lipinski definition) is 0. The lowest BCUT2D eigenvalue weighted by molar-refractivity contribution is 0.0509. The van der Waals surface area contributed by atoms with Gasteiger partial charge in [-0.2, -0.15) is 0 Å². The van der Waals surface area contributed by atoms with Crippen molar-refractivity contribution in [3.8, 4) is 0 Å². The fraction of sp³-hybridized carbons (Fsp3) is 0.643. The average Bonchev–Trinajstić information content (AvgIpc) is 2.71. The standard InChI is InChI=1S/C14H23NO3/c1-4-6-10-17-11-9-15-8-7-12(3)13(15)14(16)18-5-2/h7-8H,4-6,9-11H2,1-3H3. The number of rotatable bonds is 8. The molecule has 4 heteroatoms. The Hall–Kier alpha value is -1.29. The molecule has 4 nitrogen and oxygen atoms in total. The summed E-state index contributed by atoms with van der Waals surface area (Å²) in [7, 11) is 0. The molecule has 0 saturated heterocycles. The molecule has 0 saturated carbocycles. The number of nitrogens with zero attached hydrogens (tertiary/aromatic N) is 1. The summed E-state index contributed by atoms with van der Waals surface area (Å²) in [5.74, 6) is -0.256. The molecule has 0 amide bonds. The van der Waals surface area contributed by atoms with Crippen LogP contribution in [0.15, 0.2) is 12.3 Å². The summed E-state index contributed by atoms with van der Waals surface area (Å²) >= 11 is 0. The molecule has 1 aromatic rings. The number of aryl methyl sites for hydroxylation is 1. The molecule has 0 fully saturated rings. The van der Waals surface area contributed by atoms with Crippen molar-refractivity contribution >= 4 is 5.97 Å². The van der Waals surface area contributed by atoms with Crippen molar-refractivity contribution in [1.82, 2.24) is 4.57 Å². The van der Waals surface area contributed by atoms with Crippen LogP contribution in [-0.4, -0.2) is 30.4 Å². The van der Waals surface area contributed by atoms with Crippen LogP contribution in [0.3, 0.4) is 0 Å². The van der Waals surface area contributed by atoms with Crippen molar-refractivity contribution in [2.24, 2.45) is 0 Å². The number of carbonyl (C=O) groups excluding carboxylic acids is 1. The first-order valence-electron chi connectivity index (χ1n) is 6.61. The predicted molar refractivity (Wildman–Crippen MR) is 70.9 cm³/mol. The maximum Gasteiger partial charge on any atom is 0.355 e. The molecule has 0 N–H and O–H groups in total. The van der Waals surface area contributed by atoms with Gasteiger partial charge in [0.2, 0.25) is 0 Å². The van der Waals surface area contributed by atoms with Gasteiger partial charge in [-0.05, 0) is 31.9 Å². The first kappa shape index (κ1) is 14.8. The highest BCUT2D eigenvalue weighted by molar-refractivity contribution is 5.89. The summed E-state index contributed by atoms with van der Waals surface area (Å²) in [5.41, 5.74) is 1.58. The van der Waals surface area contributed by atoms with E-state index in [-0.39, 0.29) is 5.97 Å². The van der Waals surface area contributed by atoms with Crippen molar-refractivity contribution < 1.29 is 14.3 Å². The number of carbonyl (C=O) groups is 1. The van der Waals surface area contributed by atoms with Gasteiger partial charge in [-0.1, -0.05) is 13.3 Å². The third-order valence-corrected chi connectivity index (χ3v) is 2.75. The molecule has 0 aromatic carbocycles. The fourth-order valence-corrected chi connectivity index (χ4v) is 1.76. The Bertz CT molecular complexity index is 371. The molecular weight excluding hydrogens is 230 g/mol. The van der Waals surface area contributed by atoms with E-state index in [9.17, 15) is 4.79 Å². The lowest BCUT2D eigenvalue weighted by Crippen LogP contribution is -2.15. The van der Waals surface area contributed by atoms with E-state index in [0.29, 0.717) is 25.5 Å². The van der Waals surface area contributed by atoms with Gasteiger partial charge in [0.05, 0.1) is 13.2 Å². The SMILES string of the molecule is CCCCOCCn1ccc(C)c1C(=O)OCC. The average molecular weight is 253 g/mol. The van der Waals surface area contributed by atoms with Crippen LogP contribution in [0.25, 0.3) is 0 Å². The zero-order valence-corrected chi connectivity index (χ0v) is 11.6. The van der Waals surface area contributed by atoms with E-state index < -0.39 is 0 Å². The minimum atomic E-state index is -0.256. The van der Waals surface area contributed by atoms with E-state index in [0.717, 1.165) is 25.0 Å². The molecule has 1 heterocycles. The number of ether oxygens (including phenoxy) is 2. The quantitative estimate of drug-likeness (QED) is 0.528. The van der Waals surface area contributed by atoms with Gasteiger partial charge in [-0.15, -0.1) is 0 Å². The van der Waals surface area contributed by atoms with Crippen LogP contribution in [0.4, 0.5) is 0 Å². The van der Waals surface area contributed by atoms with Gasteiger partial charge >= 0.3 is 5.97 Å². The van der Waals surface area contributed by atoms with E-state index in [2.05, 4.69) is 6.92 Å². The summed E-state index contributed by atoms with van der Waals surface area (Å²) < 4.78 is 12.5. The Kier molecular flexibility index (Phi) is 6.50. The lowest BCUT2D eigenvalue weighted by atomic mass is 10.3. The van der Waals surface area contributed by atoms with Crippen LogP contribution < -0.4 is 0 Å². The number of esters is 1. The van der Waals surface area contributed by atoms with Crippen molar-refractivity contribution in [3.63, 3.8) is 0 Å². The van der Waals surface area contributed by atoms with Gasteiger partial charge in [0.15, 0.2) is 0 Å². The van der Waals surface area contributed by atoms with Crippen LogP contribution in [0.5, 0.6) is 0 Å². The van der Waals surface area contributed by atoms with Crippen LogP contribution in [0.2, 0.25) is 0 Å².